The van der Waals surface area contributed by atoms with Crippen LogP contribution in [0.4, 0.5) is 5.69 Å². The van der Waals surface area contributed by atoms with E-state index in [4.69, 9.17) is 19.9 Å². The van der Waals surface area contributed by atoms with Crippen LogP contribution in [0.2, 0.25) is 0 Å². The summed E-state index contributed by atoms with van der Waals surface area (Å²) in [6, 6.07) is 3.57. The zero-order valence-electron chi connectivity index (χ0n) is 10.4. The van der Waals surface area contributed by atoms with Crippen LogP contribution in [-0.2, 0) is 9.47 Å². The van der Waals surface area contributed by atoms with Crippen molar-refractivity contribution in [3.05, 3.63) is 17.8 Å². The number of hydrogen-bond donors (Lipinski definition) is 1. The molecule has 0 spiro atoms. The van der Waals surface area contributed by atoms with Crippen molar-refractivity contribution in [3.63, 3.8) is 0 Å². The van der Waals surface area contributed by atoms with Crippen molar-refractivity contribution in [1.82, 2.24) is 4.98 Å². The maximum Gasteiger partial charge on any atom is 0.213 e. The minimum Gasteiger partial charge on any atom is -0.478 e. The highest BCUT2D eigenvalue weighted by atomic mass is 16.5. The predicted octanol–water partition coefficient (Wildman–Crippen LogP) is 1.40. The van der Waals surface area contributed by atoms with Gasteiger partial charge in [-0.2, -0.15) is 0 Å². The number of aromatic nitrogens is 1. The van der Waals surface area contributed by atoms with Crippen molar-refractivity contribution in [2.45, 2.75) is 13.3 Å². The molecule has 0 radical (unpaired) electrons. The summed E-state index contributed by atoms with van der Waals surface area (Å²) in [5, 5.41) is 0. The van der Waals surface area contributed by atoms with Gasteiger partial charge >= 0.3 is 0 Å². The first kappa shape index (κ1) is 13.7. The Kier molecular flexibility index (Phi) is 6.35. The highest BCUT2D eigenvalue weighted by molar-refractivity contribution is 5.43. The number of ether oxygens (including phenoxy) is 3. The van der Waals surface area contributed by atoms with Crippen LogP contribution in [0.25, 0.3) is 0 Å². The Bertz CT molecular complexity index is 332. The molecule has 0 aromatic carbocycles. The quantitative estimate of drug-likeness (QED) is 0.696. The summed E-state index contributed by atoms with van der Waals surface area (Å²) >= 11 is 0. The van der Waals surface area contributed by atoms with E-state index in [-0.39, 0.29) is 0 Å². The van der Waals surface area contributed by atoms with Gasteiger partial charge in [0.25, 0.3) is 0 Å². The molecule has 0 amide bonds. The Morgan fingerprint density at radius 3 is 2.71 bits per heavy atom. The number of hydrogen-bond acceptors (Lipinski definition) is 5. The molecule has 2 N–H and O–H groups in total. The molecule has 17 heavy (non-hydrogen) atoms. The van der Waals surface area contributed by atoms with Crippen molar-refractivity contribution in [3.8, 4) is 5.88 Å². The Morgan fingerprint density at radius 1 is 1.18 bits per heavy atom. The second-order valence-electron chi connectivity index (χ2n) is 3.63. The number of nitrogens with two attached hydrogens (primary N) is 1. The van der Waals surface area contributed by atoms with Gasteiger partial charge in [0.2, 0.25) is 5.88 Å². The fraction of sp³-hybridized carbons (Fsp3) is 0.583. The molecule has 0 saturated heterocycles. The van der Waals surface area contributed by atoms with Crippen LogP contribution in [-0.4, -0.2) is 38.5 Å². The lowest BCUT2D eigenvalue weighted by molar-refractivity contribution is 0.0642. The molecule has 0 aliphatic heterocycles. The lowest BCUT2D eigenvalue weighted by Crippen LogP contribution is -2.07. The lowest BCUT2D eigenvalue weighted by atomic mass is 10.3. The number of rotatable bonds is 8. The summed E-state index contributed by atoms with van der Waals surface area (Å²) in [7, 11) is 1.65. The molecule has 5 nitrogen and oxygen atoms in total. The second-order valence-corrected chi connectivity index (χ2v) is 3.63. The van der Waals surface area contributed by atoms with Gasteiger partial charge in [0.15, 0.2) is 0 Å². The first-order valence-electron chi connectivity index (χ1n) is 5.66. The van der Waals surface area contributed by atoms with E-state index in [2.05, 4.69) is 4.98 Å². The van der Waals surface area contributed by atoms with E-state index in [1.54, 1.807) is 19.2 Å². The monoisotopic (exact) mass is 240 g/mol. The molecule has 0 aliphatic carbocycles. The SMILES string of the molecule is COCCOCCCOc1ccc(N)c(C)n1. The van der Waals surface area contributed by atoms with Crippen LogP contribution in [0.15, 0.2) is 12.1 Å². The van der Waals surface area contributed by atoms with E-state index >= 15 is 0 Å². The summed E-state index contributed by atoms with van der Waals surface area (Å²) in [6.07, 6.45) is 0.828. The van der Waals surface area contributed by atoms with Gasteiger partial charge in [0.1, 0.15) is 0 Å². The van der Waals surface area contributed by atoms with Gasteiger partial charge in [-0.15, -0.1) is 0 Å². The first-order valence-corrected chi connectivity index (χ1v) is 5.66. The van der Waals surface area contributed by atoms with E-state index < -0.39 is 0 Å². The van der Waals surface area contributed by atoms with Gasteiger partial charge in [-0.1, -0.05) is 0 Å². The van der Waals surface area contributed by atoms with Crippen molar-refractivity contribution < 1.29 is 14.2 Å². The third-order valence-corrected chi connectivity index (χ3v) is 2.22. The highest BCUT2D eigenvalue weighted by Crippen LogP contribution is 2.13. The van der Waals surface area contributed by atoms with Crippen LogP contribution in [0.3, 0.4) is 0 Å². The number of nitrogen functional groups attached to an aromatic ring is 1. The topological polar surface area (TPSA) is 66.6 Å². The number of nitrogens with zero attached hydrogens (tertiary/aromatic N) is 1. The fourth-order valence-corrected chi connectivity index (χ4v) is 1.21. The van der Waals surface area contributed by atoms with Crippen LogP contribution in [0.1, 0.15) is 12.1 Å². The van der Waals surface area contributed by atoms with Crippen LogP contribution < -0.4 is 10.5 Å². The average Bonchev–Trinajstić information content (AvgIpc) is 2.32. The molecular formula is C12H20N2O3. The summed E-state index contributed by atoms with van der Waals surface area (Å²) in [4.78, 5) is 4.21. The molecule has 0 saturated carbocycles. The Balaban J connectivity index is 2.11. The number of anilines is 1. The summed E-state index contributed by atoms with van der Waals surface area (Å²) in [5.74, 6) is 0.605. The smallest absolute Gasteiger partial charge is 0.213 e. The molecule has 96 valence electrons. The molecule has 1 aromatic rings. The normalized spacial score (nSPS) is 10.5. The largest absolute Gasteiger partial charge is 0.478 e. The molecule has 0 fully saturated rings. The van der Waals surface area contributed by atoms with Crippen molar-refractivity contribution >= 4 is 5.69 Å². The van der Waals surface area contributed by atoms with Crippen molar-refractivity contribution in [1.29, 1.82) is 0 Å². The molecule has 0 bridgehead atoms. The van der Waals surface area contributed by atoms with E-state index in [9.17, 15) is 0 Å². The highest BCUT2D eigenvalue weighted by Gasteiger charge is 1.99. The van der Waals surface area contributed by atoms with Crippen LogP contribution >= 0.6 is 0 Å². The first-order chi connectivity index (χ1) is 8.24. The maximum atomic E-state index is 5.66. The van der Waals surface area contributed by atoms with Crippen molar-refractivity contribution in [2.24, 2.45) is 0 Å². The Morgan fingerprint density at radius 2 is 2.00 bits per heavy atom. The van der Waals surface area contributed by atoms with E-state index in [1.807, 2.05) is 6.92 Å². The Hall–Kier alpha value is -1.33. The molecule has 0 unspecified atom stereocenters. The minimum atomic E-state index is 0.587. The maximum absolute atomic E-state index is 5.66. The van der Waals surface area contributed by atoms with E-state index in [1.165, 1.54) is 0 Å². The molecular weight excluding hydrogens is 220 g/mol. The number of aryl methyl sites for hydroxylation is 1. The van der Waals surface area contributed by atoms with Gasteiger partial charge in [0.05, 0.1) is 31.2 Å². The van der Waals surface area contributed by atoms with Gasteiger partial charge in [-0.25, -0.2) is 4.98 Å². The van der Waals surface area contributed by atoms with Gasteiger partial charge in [0, 0.05) is 26.2 Å². The molecule has 1 aromatic heterocycles. The Labute approximate surface area is 102 Å². The number of pyridine rings is 1. The third kappa shape index (κ3) is 5.51. The van der Waals surface area contributed by atoms with Gasteiger partial charge in [-0.3, -0.25) is 0 Å². The lowest BCUT2D eigenvalue weighted by Gasteiger charge is -2.07. The molecule has 1 heterocycles. The summed E-state index contributed by atoms with van der Waals surface area (Å²) in [5.41, 5.74) is 7.13. The molecule has 1 rings (SSSR count). The summed E-state index contributed by atoms with van der Waals surface area (Å²) < 4.78 is 15.6. The van der Waals surface area contributed by atoms with Crippen LogP contribution in [0, 0.1) is 6.92 Å². The predicted molar refractivity (Wildman–Crippen MR) is 66.2 cm³/mol. The molecule has 5 heteroatoms. The number of methoxy groups -OCH3 is 1. The fourth-order valence-electron chi connectivity index (χ4n) is 1.21. The van der Waals surface area contributed by atoms with E-state index in [0.29, 0.717) is 38.0 Å². The zero-order valence-corrected chi connectivity index (χ0v) is 10.4. The minimum absolute atomic E-state index is 0.587. The second kappa shape index (κ2) is 7.86. The molecule has 0 aliphatic rings. The van der Waals surface area contributed by atoms with Crippen LogP contribution in [0.5, 0.6) is 5.88 Å². The third-order valence-electron chi connectivity index (χ3n) is 2.22. The average molecular weight is 240 g/mol. The van der Waals surface area contributed by atoms with Gasteiger partial charge < -0.3 is 19.9 Å². The zero-order chi connectivity index (χ0) is 12.5. The van der Waals surface area contributed by atoms with Crippen molar-refractivity contribution in [2.75, 3.05) is 39.3 Å². The molecule has 0 atom stereocenters. The van der Waals surface area contributed by atoms with E-state index in [0.717, 1.165) is 12.1 Å². The summed E-state index contributed by atoms with van der Waals surface area (Å²) in [6.45, 7) is 4.35. The standard InChI is InChI=1S/C12H20N2O3/c1-10-11(13)4-5-12(14-10)17-7-3-6-16-9-8-15-2/h4-5H,3,6-9,13H2,1-2H3. The van der Waals surface area contributed by atoms with Gasteiger partial charge in [-0.05, 0) is 13.0 Å².